The number of carbonyl (C=O) groups excluding carboxylic acids is 1. The van der Waals surface area contributed by atoms with Crippen LogP contribution in [0.1, 0.15) is 31.5 Å². The van der Waals surface area contributed by atoms with E-state index in [1.54, 1.807) is 0 Å². The van der Waals surface area contributed by atoms with Crippen molar-refractivity contribution in [2.24, 2.45) is 0 Å². The van der Waals surface area contributed by atoms with Gasteiger partial charge in [0.05, 0.1) is 28.1 Å². The molecule has 1 aliphatic rings. The van der Waals surface area contributed by atoms with Crippen LogP contribution in [0.25, 0.3) is 38.9 Å². The van der Waals surface area contributed by atoms with Crippen LogP contribution in [-0.4, -0.2) is 44.9 Å². The molecule has 1 fully saturated rings. The molecule has 0 atom stereocenters. The van der Waals surface area contributed by atoms with Gasteiger partial charge < -0.3 is 20.4 Å². The molecule has 0 unspecified atom stereocenters. The molecule has 4 heterocycles. The summed E-state index contributed by atoms with van der Waals surface area (Å²) in [7, 11) is 0. The van der Waals surface area contributed by atoms with E-state index in [4.69, 9.17) is 15.7 Å². The molecule has 2 amide bonds. The maximum Gasteiger partial charge on any atom is 0.317 e. The second-order valence-corrected chi connectivity index (χ2v) is 9.57. The van der Waals surface area contributed by atoms with E-state index < -0.39 is 0 Å². The Balaban J connectivity index is 1.39. The van der Waals surface area contributed by atoms with Crippen molar-refractivity contribution >= 4 is 28.1 Å². The van der Waals surface area contributed by atoms with Crippen LogP contribution in [0, 0.1) is 0 Å². The van der Waals surface area contributed by atoms with Gasteiger partial charge in [-0.2, -0.15) is 0 Å². The number of fused-ring (bicyclic) bond motifs is 2. The second kappa shape index (κ2) is 9.58. The number of imidazole rings is 1. The summed E-state index contributed by atoms with van der Waals surface area (Å²) in [5.41, 5.74) is 12.9. The number of nitrogens with two attached hydrogens (primary N) is 1. The highest BCUT2D eigenvalue weighted by Gasteiger charge is 2.28. The third-order valence-corrected chi connectivity index (χ3v) is 7.23. The van der Waals surface area contributed by atoms with Crippen LogP contribution in [-0.2, 0) is 0 Å². The van der Waals surface area contributed by atoms with E-state index >= 15 is 0 Å². The van der Waals surface area contributed by atoms with Gasteiger partial charge in [-0.1, -0.05) is 48.5 Å². The van der Waals surface area contributed by atoms with Gasteiger partial charge in [-0.15, -0.1) is 0 Å². The molecule has 5 aromatic rings. The molecule has 37 heavy (non-hydrogen) atoms. The van der Waals surface area contributed by atoms with Crippen molar-refractivity contribution in [3.63, 3.8) is 0 Å². The van der Waals surface area contributed by atoms with Crippen LogP contribution >= 0.6 is 0 Å². The minimum Gasteiger partial charge on any atom is -0.397 e. The summed E-state index contributed by atoms with van der Waals surface area (Å²) in [5.74, 6) is 1.25. The van der Waals surface area contributed by atoms with Crippen molar-refractivity contribution in [3.8, 4) is 22.5 Å². The Kier molecular flexibility index (Phi) is 5.96. The number of amides is 2. The van der Waals surface area contributed by atoms with Crippen LogP contribution in [0.3, 0.4) is 0 Å². The van der Waals surface area contributed by atoms with Crippen LogP contribution in [0.2, 0.25) is 0 Å². The SMILES string of the molecule is CCNC(=O)N1CCC(c2nc(-c3ccc4ccc(-c5ccccc5)nc4c3)c3c(N)cccn23)CC1. The zero-order valence-corrected chi connectivity index (χ0v) is 20.9. The average molecular weight is 491 g/mol. The Labute approximate surface area is 216 Å². The Morgan fingerprint density at radius 3 is 2.54 bits per heavy atom. The number of rotatable bonds is 4. The zero-order valence-electron chi connectivity index (χ0n) is 20.9. The first-order valence-electron chi connectivity index (χ1n) is 12.9. The summed E-state index contributed by atoms with van der Waals surface area (Å²) in [6.07, 6.45) is 3.77. The van der Waals surface area contributed by atoms with E-state index in [0.717, 1.165) is 57.6 Å². The van der Waals surface area contributed by atoms with E-state index in [2.05, 4.69) is 52.2 Å². The van der Waals surface area contributed by atoms with E-state index in [9.17, 15) is 4.79 Å². The van der Waals surface area contributed by atoms with E-state index in [-0.39, 0.29) is 11.9 Å². The van der Waals surface area contributed by atoms with Gasteiger partial charge in [0.2, 0.25) is 0 Å². The molecule has 0 spiro atoms. The number of benzene rings is 2. The third-order valence-electron chi connectivity index (χ3n) is 7.23. The molecule has 1 saturated heterocycles. The van der Waals surface area contributed by atoms with Crippen molar-refractivity contribution in [1.29, 1.82) is 0 Å². The Bertz CT molecular complexity index is 1580. The number of aromatic nitrogens is 3. The Hall–Kier alpha value is -4.39. The molecule has 0 radical (unpaired) electrons. The number of nitrogens with one attached hydrogen (secondary N) is 1. The lowest BCUT2D eigenvalue weighted by atomic mass is 9.96. The quantitative estimate of drug-likeness (QED) is 0.338. The van der Waals surface area contributed by atoms with Crippen LogP contribution < -0.4 is 11.1 Å². The van der Waals surface area contributed by atoms with Gasteiger partial charge in [0.25, 0.3) is 0 Å². The first-order valence-corrected chi connectivity index (χ1v) is 12.9. The van der Waals surface area contributed by atoms with Gasteiger partial charge in [0, 0.05) is 48.3 Å². The number of likely N-dealkylation sites (tertiary alicyclic amines) is 1. The monoisotopic (exact) mass is 490 g/mol. The van der Waals surface area contributed by atoms with E-state index in [1.165, 1.54) is 0 Å². The van der Waals surface area contributed by atoms with Crippen molar-refractivity contribution in [1.82, 2.24) is 24.6 Å². The second-order valence-electron chi connectivity index (χ2n) is 9.57. The van der Waals surface area contributed by atoms with Crippen LogP contribution in [0.5, 0.6) is 0 Å². The molecule has 0 saturated carbocycles. The number of nitrogen functional groups attached to an aromatic ring is 1. The van der Waals surface area contributed by atoms with Crippen molar-refractivity contribution in [3.05, 3.63) is 84.8 Å². The van der Waals surface area contributed by atoms with Gasteiger partial charge in [0.15, 0.2) is 0 Å². The number of anilines is 1. The third kappa shape index (κ3) is 4.27. The molecule has 3 N–H and O–H groups in total. The molecule has 7 nitrogen and oxygen atoms in total. The molecule has 3 aromatic heterocycles. The first kappa shape index (κ1) is 23.0. The van der Waals surface area contributed by atoms with Gasteiger partial charge in [0.1, 0.15) is 5.82 Å². The summed E-state index contributed by atoms with van der Waals surface area (Å²) in [5, 5.41) is 3.99. The largest absolute Gasteiger partial charge is 0.397 e. The number of hydrogen-bond acceptors (Lipinski definition) is 4. The lowest BCUT2D eigenvalue weighted by Crippen LogP contribution is -2.44. The van der Waals surface area contributed by atoms with E-state index in [1.807, 2.05) is 48.4 Å². The standard InChI is InChI=1S/C30H30N6O/c1-2-32-30(37)35-17-14-22(15-18-35)29-34-27(28-24(31)9-6-16-36(28)29)23-11-10-21-12-13-25(33-26(21)19-23)20-7-4-3-5-8-20/h3-13,16,19,22H,2,14-15,17-18,31H2,1H3,(H,32,37). The number of piperidine rings is 1. The minimum absolute atomic E-state index is 0.0115. The number of carbonyl (C=O) groups is 1. The molecule has 0 bridgehead atoms. The fourth-order valence-electron chi connectivity index (χ4n) is 5.32. The highest BCUT2D eigenvalue weighted by atomic mass is 16.2. The molecule has 2 aromatic carbocycles. The normalized spacial score (nSPS) is 14.4. The van der Waals surface area contributed by atoms with Crippen molar-refractivity contribution in [2.45, 2.75) is 25.7 Å². The minimum atomic E-state index is 0.0115. The fourth-order valence-corrected chi connectivity index (χ4v) is 5.32. The highest BCUT2D eigenvalue weighted by Crippen LogP contribution is 2.36. The number of pyridine rings is 2. The topological polar surface area (TPSA) is 88.5 Å². The number of urea groups is 1. The number of nitrogens with zero attached hydrogens (tertiary/aromatic N) is 4. The lowest BCUT2D eigenvalue weighted by molar-refractivity contribution is 0.181. The Morgan fingerprint density at radius 2 is 1.76 bits per heavy atom. The first-order chi connectivity index (χ1) is 18.1. The molecule has 0 aliphatic carbocycles. The molecule has 7 heteroatoms. The summed E-state index contributed by atoms with van der Waals surface area (Å²) >= 11 is 0. The molecule has 1 aliphatic heterocycles. The molecular formula is C30H30N6O. The lowest BCUT2D eigenvalue weighted by Gasteiger charge is -2.31. The van der Waals surface area contributed by atoms with Crippen LogP contribution in [0.15, 0.2) is 79.0 Å². The summed E-state index contributed by atoms with van der Waals surface area (Å²) in [6.45, 7) is 4.01. The van der Waals surface area contributed by atoms with Crippen LogP contribution in [0.4, 0.5) is 10.5 Å². The van der Waals surface area contributed by atoms with Gasteiger partial charge >= 0.3 is 6.03 Å². The molecular weight excluding hydrogens is 460 g/mol. The highest BCUT2D eigenvalue weighted by molar-refractivity contribution is 5.92. The fraction of sp³-hybridized carbons (Fsp3) is 0.233. The van der Waals surface area contributed by atoms with Gasteiger partial charge in [-0.05, 0) is 44.0 Å². The van der Waals surface area contributed by atoms with Gasteiger partial charge in [-0.25, -0.2) is 14.8 Å². The van der Waals surface area contributed by atoms with E-state index in [0.29, 0.717) is 25.3 Å². The van der Waals surface area contributed by atoms with Gasteiger partial charge in [-0.3, -0.25) is 0 Å². The predicted octanol–water partition coefficient (Wildman–Crippen LogP) is 5.71. The number of hydrogen-bond donors (Lipinski definition) is 2. The summed E-state index contributed by atoms with van der Waals surface area (Å²) in [6, 6.07) is 24.6. The zero-order chi connectivity index (χ0) is 25.4. The average Bonchev–Trinajstić information content (AvgIpc) is 3.34. The summed E-state index contributed by atoms with van der Waals surface area (Å²) in [4.78, 5) is 24.3. The molecule has 6 rings (SSSR count). The van der Waals surface area contributed by atoms with Crippen molar-refractivity contribution < 1.29 is 4.79 Å². The van der Waals surface area contributed by atoms with Crippen molar-refractivity contribution in [2.75, 3.05) is 25.4 Å². The predicted molar refractivity (Wildman–Crippen MR) is 148 cm³/mol. The smallest absolute Gasteiger partial charge is 0.317 e. The maximum atomic E-state index is 12.3. The Morgan fingerprint density at radius 1 is 0.973 bits per heavy atom. The summed E-state index contributed by atoms with van der Waals surface area (Å²) < 4.78 is 2.13. The molecule has 186 valence electrons. The maximum absolute atomic E-state index is 12.3.